The fraction of sp³-hybridized carbons (Fsp3) is 0.588. The Morgan fingerprint density at radius 1 is 1.24 bits per heavy atom. The predicted molar refractivity (Wildman–Crippen MR) is 84.6 cm³/mol. The molecule has 0 radical (unpaired) electrons. The zero-order chi connectivity index (χ0) is 15.5. The van der Waals surface area contributed by atoms with Gasteiger partial charge in [-0.1, -0.05) is 25.5 Å². The van der Waals surface area contributed by atoms with Crippen molar-refractivity contribution in [1.29, 1.82) is 0 Å². The molecule has 1 aromatic rings. The van der Waals surface area contributed by atoms with E-state index in [-0.39, 0.29) is 12.0 Å². The Morgan fingerprint density at radius 3 is 2.52 bits per heavy atom. The summed E-state index contributed by atoms with van der Waals surface area (Å²) in [5.74, 6) is 0.618. The molecule has 0 aliphatic rings. The Bertz CT molecular complexity index is 403. The van der Waals surface area contributed by atoms with Crippen molar-refractivity contribution in [3.05, 3.63) is 29.8 Å². The van der Waals surface area contributed by atoms with Crippen LogP contribution in [0.2, 0.25) is 0 Å². The van der Waals surface area contributed by atoms with Crippen LogP contribution in [0, 0.1) is 0 Å². The molecule has 1 rings (SSSR count). The number of nitrogens with one attached hydrogen (secondary N) is 1. The molecule has 0 amide bonds. The smallest absolute Gasteiger partial charge is 0.323 e. The zero-order valence-electron chi connectivity index (χ0n) is 13.4. The first kappa shape index (κ1) is 17.5. The molecule has 4 nitrogen and oxygen atoms in total. The van der Waals surface area contributed by atoms with E-state index in [0.717, 1.165) is 12.2 Å². The topological polar surface area (TPSA) is 47.6 Å². The molecule has 0 aromatic heterocycles. The summed E-state index contributed by atoms with van der Waals surface area (Å²) in [7, 11) is 1.75. The van der Waals surface area contributed by atoms with E-state index in [1.807, 2.05) is 12.1 Å². The van der Waals surface area contributed by atoms with Crippen LogP contribution in [0.15, 0.2) is 24.3 Å². The largest absolute Gasteiger partial charge is 0.494 e. The summed E-state index contributed by atoms with van der Waals surface area (Å²) in [5.41, 5.74) is 1.34. The maximum Gasteiger partial charge on any atom is 0.323 e. The quantitative estimate of drug-likeness (QED) is 0.674. The van der Waals surface area contributed by atoms with Gasteiger partial charge in [0, 0.05) is 6.42 Å². The fourth-order valence-electron chi connectivity index (χ4n) is 2.05. The summed E-state index contributed by atoms with van der Waals surface area (Å²) in [4.78, 5) is 11.6. The Labute approximate surface area is 127 Å². The molecule has 0 saturated carbocycles. The van der Waals surface area contributed by atoms with Crippen molar-refractivity contribution in [2.24, 2.45) is 0 Å². The minimum atomic E-state index is -0.311. The molecule has 0 saturated heterocycles. The van der Waals surface area contributed by atoms with Crippen molar-refractivity contribution in [2.45, 2.75) is 45.6 Å². The number of ether oxygens (including phenoxy) is 2. The van der Waals surface area contributed by atoms with Crippen LogP contribution in [0.5, 0.6) is 5.75 Å². The highest BCUT2D eigenvalue weighted by Gasteiger charge is 2.17. The van der Waals surface area contributed by atoms with Crippen molar-refractivity contribution < 1.29 is 14.3 Å². The zero-order valence-corrected chi connectivity index (χ0v) is 13.4. The number of aryl methyl sites for hydroxylation is 1. The third kappa shape index (κ3) is 6.63. The highest BCUT2D eigenvalue weighted by molar-refractivity contribution is 5.75. The van der Waals surface area contributed by atoms with Crippen molar-refractivity contribution >= 4 is 5.97 Å². The van der Waals surface area contributed by atoms with Gasteiger partial charge in [-0.2, -0.15) is 0 Å². The minimum absolute atomic E-state index is 0.224. The summed E-state index contributed by atoms with van der Waals surface area (Å²) < 4.78 is 10.7. The lowest BCUT2D eigenvalue weighted by Crippen LogP contribution is -2.36. The van der Waals surface area contributed by atoms with Crippen molar-refractivity contribution in [3.63, 3.8) is 0 Å². The third-order valence-corrected chi connectivity index (χ3v) is 3.34. The molecule has 21 heavy (non-hydrogen) atoms. The molecule has 0 aliphatic heterocycles. The second-order valence-electron chi connectivity index (χ2n) is 4.98. The van der Waals surface area contributed by atoms with Gasteiger partial charge in [0.15, 0.2) is 0 Å². The number of rotatable bonds is 10. The Kier molecular flexibility index (Phi) is 8.51. The van der Waals surface area contributed by atoms with Crippen LogP contribution in [0.3, 0.4) is 0 Å². The molecule has 118 valence electrons. The first-order chi connectivity index (χ1) is 10.2. The highest BCUT2D eigenvalue weighted by Crippen LogP contribution is 2.14. The van der Waals surface area contributed by atoms with Crippen LogP contribution in [0.4, 0.5) is 0 Å². The van der Waals surface area contributed by atoms with E-state index in [1.165, 1.54) is 18.4 Å². The van der Waals surface area contributed by atoms with E-state index in [9.17, 15) is 4.79 Å². The summed E-state index contributed by atoms with van der Waals surface area (Å²) in [6.45, 7) is 4.89. The maximum atomic E-state index is 11.6. The van der Waals surface area contributed by atoms with Gasteiger partial charge in [-0.25, -0.2) is 0 Å². The second-order valence-corrected chi connectivity index (χ2v) is 4.98. The standard InChI is InChI=1S/C17H27NO3/c1-4-6-7-14-8-10-15(11-9-14)21-13-12-16(18-3)17(19)20-5-2/h8-11,16,18H,4-7,12-13H2,1-3H3. The van der Waals surface area contributed by atoms with E-state index in [2.05, 4.69) is 24.4 Å². The van der Waals surface area contributed by atoms with Gasteiger partial charge in [0.1, 0.15) is 11.8 Å². The molecule has 0 fully saturated rings. The molecular weight excluding hydrogens is 266 g/mol. The Morgan fingerprint density at radius 2 is 1.95 bits per heavy atom. The number of hydrogen-bond donors (Lipinski definition) is 1. The van der Waals surface area contributed by atoms with E-state index in [0.29, 0.717) is 19.6 Å². The van der Waals surface area contributed by atoms with Crippen LogP contribution in [0.25, 0.3) is 0 Å². The van der Waals surface area contributed by atoms with Gasteiger partial charge >= 0.3 is 5.97 Å². The number of unbranched alkanes of at least 4 members (excludes halogenated alkanes) is 1. The lowest BCUT2D eigenvalue weighted by molar-refractivity contribution is -0.145. The molecule has 0 bridgehead atoms. The van der Waals surface area contributed by atoms with Crippen molar-refractivity contribution in [1.82, 2.24) is 5.32 Å². The lowest BCUT2D eigenvalue weighted by atomic mass is 10.1. The summed E-state index contributed by atoms with van der Waals surface area (Å²) >= 11 is 0. The van der Waals surface area contributed by atoms with Crippen LogP contribution >= 0.6 is 0 Å². The van der Waals surface area contributed by atoms with Crippen LogP contribution in [-0.2, 0) is 16.0 Å². The molecule has 0 aliphatic carbocycles. The number of carbonyl (C=O) groups excluding carboxylic acids is 1. The second kappa shape index (κ2) is 10.2. The number of hydrogen-bond acceptors (Lipinski definition) is 4. The average molecular weight is 293 g/mol. The van der Waals surface area contributed by atoms with Gasteiger partial charge in [0.2, 0.25) is 0 Å². The van der Waals surface area contributed by atoms with E-state index in [4.69, 9.17) is 9.47 Å². The van der Waals surface area contributed by atoms with Crippen molar-refractivity contribution in [3.8, 4) is 5.75 Å². The van der Waals surface area contributed by atoms with Crippen LogP contribution in [0.1, 0.15) is 38.7 Å². The minimum Gasteiger partial charge on any atom is -0.494 e. The highest BCUT2D eigenvalue weighted by atomic mass is 16.5. The number of esters is 1. The monoisotopic (exact) mass is 293 g/mol. The maximum absolute atomic E-state index is 11.6. The van der Waals surface area contributed by atoms with Gasteiger partial charge in [0.25, 0.3) is 0 Å². The third-order valence-electron chi connectivity index (χ3n) is 3.34. The van der Waals surface area contributed by atoms with Gasteiger partial charge < -0.3 is 14.8 Å². The SMILES string of the molecule is CCCCc1ccc(OCCC(NC)C(=O)OCC)cc1. The Hall–Kier alpha value is -1.55. The number of carbonyl (C=O) groups is 1. The predicted octanol–water partition coefficient (Wildman–Crippen LogP) is 2.95. The van der Waals surface area contributed by atoms with Gasteiger partial charge in [-0.15, -0.1) is 0 Å². The summed E-state index contributed by atoms with van der Waals surface area (Å²) in [6.07, 6.45) is 4.12. The van der Waals surface area contributed by atoms with Gasteiger partial charge in [0.05, 0.1) is 13.2 Å². The lowest BCUT2D eigenvalue weighted by Gasteiger charge is -2.15. The average Bonchev–Trinajstić information content (AvgIpc) is 2.51. The van der Waals surface area contributed by atoms with Gasteiger partial charge in [-0.05, 0) is 44.5 Å². The molecular formula is C17H27NO3. The molecule has 1 unspecified atom stereocenters. The van der Waals surface area contributed by atoms with Crippen LogP contribution < -0.4 is 10.1 Å². The molecule has 1 atom stereocenters. The fourth-order valence-corrected chi connectivity index (χ4v) is 2.05. The first-order valence-electron chi connectivity index (χ1n) is 7.76. The summed E-state index contributed by atoms with van der Waals surface area (Å²) in [6, 6.07) is 7.87. The van der Waals surface area contributed by atoms with E-state index < -0.39 is 0 Å². The van der Waals surface area contributed by atoms with Crippen LogP contribution in [-0.4, -0.2) is 32.3 Å². The normalized spacial score (nSPS) is 12.0. The molecule has 1 N–H and O–H groups in total. The number of benzene rings is 1. The molecule has 4 heteroatoms. The van der Waals surface area contributed by atoms with E-state index in [1.54, 1.807) is 14.0 Å². The Balaban J connectivity index is 2.35. The molecule has 0 heterocycles. The van der Waals surface area contributed by atoms with E-state index >= 15 is 0 Å². The number of likely N-dealkylation sites (N-methyl/N-ethyl adjacent to an activating group) is 1. The van der Waals surface area contributed by atoms with Gasteiger partial charge in [-0.3, -0.25) is 4.79 Å². The summed E-state index contributed by atoms with van der Waals surface area (Å²) in [5, 5.41) is 2.95. The van der Waals surface area contributed by atoms with Crippen molar-refractivity contribution in [2.75, 3.05) is 20.3 Å². The first-order valence-corrected chi connectivity index (χ1v) is 7.76. The molecule has 1 aromatic carbocycles. The molecule has 0 spiro atoms.